The first-order valence-electron chi connectivity index (χ1n) is 6.38. The summed E-state index contributed by atoms with van der Waals surface area (Å²) in [5.74, 6) is -0.00701. The second kappa shape index (κ2) is 4.75. The number of nitrogens with one attached hydrogen (secondary N) is 2. The average Bonchev–Trinajstić information content (AvgIpc) is 2.36. The van der Waals surface area contributed by atoms with Gasteiger partial charge in [-0.05, 0) is 0 Å². The molecule has 1 aliphatic heterocycles. The Hall–Kier alpha value is -2.05. The largest absolute Gasteiger partial charge is 0.436 e. The smallest absolute Gasteiger partial charge is 0.302 e. The number of carbonyl (C=O) groups excluding carboxylic acids is 1. The van der Waals surface area contributed by atoms with Gasteiger partial charge in [0.2, 0.25) is 0 Å². The number of aliphatic imine (C=N–C) groups is 1. The van der Waals surface area contributed by atoms with Crippen molar-refractivity contribution < 1.29 is 18.0 Å². The normalized spacial score (nSPS) is 23.1. The van der Waals surface area contributed by atoms with E-state index in [1.165, 1.54) is 24.3 Å². The topological polar surface area (TPSA) is 53.5 Å². The first-order valence-corrected chi connectivity index (χ1v) is 6.38. The highest BCUT2D eigenvalue weighted by atomic mass is 19.4. The minimum atomic E-state index is -4.76. The Morgan fingerprint density at radius 1 is 1.10 bits per heavy atom. The van der Waals surface area contributed by atoms with Crippen LogP contribution in [0.25, 0.3) is 0 Å². The highest BCUT2D eigenvalue weighted by Crippen LogP contribution is 2.42. The van der Waals surface area contributed by atoms with Gasteiger partial charge >= 0.3 is 12.2 Å². The van der Waals surface area contributed by atoms with E-state index in [2.05, 4.69) is 10.3 Å². The molecular formula is C14H16F3N3O. The third-order valence-electron chi connectivity index (χ3n) is 3.12. The number of hydrogen-bond donors (Lipinski definition) is 2. The van der Waals surface area contributed by atoms with E-state index in [-0.39, 0.29) is 11.4 Å². The molecule has 1 aromatic carbocycles. The van der Waals surface area contributed by atoms with Crippen molar-refractivity contribution in [3.05, 3.63) is 35.9 Å². The van der Waals surface area contributed by atoms with Crippen molar-refractivity contribution in [3.8, 4) is 0 Å². The van der Waals surface area contributed by atoms with Crippen LogP contribution in [0.2, 0.25) is 0 Å². The molecule has 1 heterocycles. The maximum Gasteiger partial charge on any atom is 0.436 e. The van der Waals surface area contributed by atoms with Crippen LogP contribution in [0.15, 0.2) is 35.3 Å². The number of nitrogens with zero attached hydrogens (tertiary/aromatic N) is 1. The van der Waals surface area contributed by atoms with E-state index in [1.54, 1.807) is 26.8 Å². The lowest BCUT2D eigenvalue weighted by atomic mass is 9.91. The van der Waals surface area contributed by atoms with Gasteiger partial charge in [0.15, 0.2) is 0 Å². The van der Waals surface area contributed by atoms with Crippen LogP contribution in [-0.2, 0) is 5.66 Å². The van der Waals surface area contributed by atoms with Gasteiger partial charge in [0.25, 0.3) is 5.66 Å². The van der Waals surface area contributed by atoms with E-state index in [4.69, 9.17) is 0 Å². The maximum absolute atomic E-state index is 13.7. The first kappa shape index (κ1) is 15.3. The van der Waals surface area contributed by atoms with Crippen LogP contribution in [0.3, 0.4) is 0 Å². The Bertz CT molecular complexity index is 575. The van der Waals surface area contributed by atoms with E-state index in [1.807, 2.05) is 5.32 Å². The summed E-state index contributed by atoms with van der Waals surface area (Å²) in [6.45, 7) is 5.05. The van der Waals surface area contributed by atoms with E-state index in [9.17, 15) is 18.0 Å². The SMILES string of the molecule is CC(C)(C)C1=NC(c2ccccc2)(C(F)(F)F)NC(=O)N1. The molecule has 0 spiro atoms. The standard InChI is InChI=1S/C14H16F3N3O/c1-12(2,3)10-18-11(21)20-13(19-10,14(15,16)17)9-7-5-4-6-8-9/h4-8H,1-3H3,(H2,18,19,20,21). The molecule has 2 N–H and O–H groups in total. The summed E-state index contributed by atoms with van der Waals surface area (Å²) in [6, 6.07) is 6.22. The predicted octanol–water partition coefficient (Wildman–Crippen LogP) is 3.16. The number of alkyl halides is 3. The number of amidine groups is 1. The zero-order chi connectivity index (χ0) is 15.9. The molecule has 1 aromatic rings. The number of carbonyl (C=O) groups is 1. The Labute approximate surface area is 120 Å². The Morgan fingerprint density at radius 3 is 2.14 bits per heavy atom. The summed E-state index contributed by atoms with van der Waals surface area (Å²) in [4.78, 5) is 15.6. The number of hydrogen-bond acceptors (Lipinski definition) is 2. The number of rotatable bonds is 1. The number of halogens is 3. The molecule has 7 heteroatoms. The lowest BCUT2D eigenvalue weighted by Crippen LogP contribution is -2.63. The summed E-state index contributed by atoms with van der Waals surface area (Å²) in [7, 11) is 0. The van der Waals surface area contributed by atoms with Gasteiger partial charge in [0.05, 0.1) is 0 Å². The van der Waals surface area contributed by atoms with Crippen molar-refractivity contribution in [3.63, 3.8) is 0 Å². The van der Waals surface area contributed by atoms with Crippen molar-refractivity contribution in [2.45, 2.75) is 32.6 Å². The first-order chi connectivity index (χ1) is 9.56. The summed E-state index contributed by atoms with van der Waals surface area (Å²) in [5.41, 5.74) is -3.61. The van der Waals surface area contributed by atoms with E-state index in [0.29, 0.717) is 0 Å². The van der Waals surface area contributed by atoms with Gasteiger partial charge < -0.3 is 5.32 Å². The van der Waals surface area contributed by atoms with Gasteiger partial charge in [-0.2, -0.15) is 13.2 Å². The van der Waals surface area contributed by atoms with Crippen molar-refractivity contribution in [1.82, 2.24) is 10.6 Å². The quantitative estimate of drug-likeness (QED) is 0.822. The van der Waals surface area contributed by atoms with Crippen LogP contribution in [0.1, 0.15) is 26.3 Å². The summed E-state index contributed by atoms with van der Waals surface area (Å²) in [6.07, 6.45) is -4.76. The second-order valence-corrected chi connectivity index (χ2v) is 5.86. The van der Waals surface area contributed by atoms with Gasteiger partial charge in [0, 0.05) is 11.0 Å². The van der Waals surface area contributed by atoms with Crippen molar-refractivity contribution in [2.24, 2.45) is 10.4 Å². The van der Waals surface area contributed by atoms with Gasteiger partial charge in [-0.3, -0.25) is 5.32 Å². The fourth-order valence-electron chi connectivity index (χ4n) is 2.00. The third kappa shape index (κ3) is 2.72. The van der Waals surface area contributed by atoms with Crippen LogP contribution in [0.4, 0.5) is 18.0 Å². The maximum atomic E-state index is 13.7. The molecule has 114 valence electrons. The Balaban J connectivity index is 2.69. The highest BCUT2D eigenvalue weighted by Gasteiger charge is 2.59. The van der Waals surface area contributed by atoms with Gasteiger partial charge in [-0.1, -0.05) is 51.1 Å². The van der Waals surface area contributed by atoms with Crippen LogP contribution in [-0.4, -0.2) is 18.0 Å². The molecule has 2 amide bonds. The minimum absolute atomic E-state index is 0.00701. The second-order valence-electron chi connectivity index (χ2n) is 5.86. The molecule has 1 atom stereocenters. The molecule has 0 aromatic heterocycles. The average molecular weight is 299 g/mol. The van der Waals surface area contributed by atoms with Crippen molar-refractivity contribution in [1.29, 1.82) is 0 Å². The fraction of sp³-hybridized carbons (Fsp3) is 0.429. The number of amides is 2. The molecule has 2 rings (SSSR count). The Morgan fingerprint density at radius 2 is 1.67 bits per heavy atom. The highest BCUT2D eigenvalue weighted by molar-refractivity contribution is 6.02. The van der Waals surface area contributed by atoms with Crippen molar-refractivity contribution in [2.75, 3.05) is 0 Å². The Kier molecular flexibility index (Phi) is 3.47. The molecule has 0 fully saturated rings. The van der Waals surface area contributed by atoms with Crippen LogP contribution < -0.4 is 10.6 Å². The summed E-state index contributed by atoms with van der Waals surface area (Å²) >= 11 is 0. The molecule has 1 unspecified atom stereocenters. The zero-order valence-corrected chi connectivity index (χ0v) is 11.9. The summed E-state index contributed by atoms with van der Waals surface area (Å²) < 4.78 is 41.0. The third-order valence-corrected chi connectivity index (χ3v) is 3.12. The number of benzene rings is 1. The zero-order valence-electron chi connectivity index (χ0n) is 11.9. The number of urea groups is 1. The predicted molar refractivity (Wildman–Crippen MR) is 72.7 cm³/mol. The van der Waals surface area contributed by atoms with Gasteiger partial charge in [-0.25, -0.2) is 9.79 Å². The molecule has 0 aliphatic carbocycles. The van der Waals surface area contributed by atoms with Gasteiger partial charge in [0.1, 0.15) is 5.84 Å². The van der Waals surface area contributed by atoms with Gasteiger partial charge in [-0.15, -0.1) is 0 Å². The lowest BCUT2D eigenvalue weighted by Gasteiger charge is -2.39. The van der Waals surface area contributed by atoms with E-state index < -0.39 is 23.3 Å². The van der Waals surface area contributed by atoms with E-state index in [0.717, 1.165) is 0 Å². The molecule has 0 saturated carbocycles. The molecule has 1 aliphatic rings. The molecule has 0 bridgehead atoms. The molecule has 0 radical (unpaired) electrons. The van der Waals surface area contributed by atoms with E-state index >= 15 is 0 Å². The fourth-order valence-corrected chi connectivity index (χ4v) is 2.00. The minimum Gasteiger partial charge on any atom is -0.302 e. The van der Waals surface area contributed by atoms with Crippen LogP contribution in [0.5, 0.6) is 0 Å². The molecular weight excluding hydrogens is 283 g/mol. The lowest BCUT2D eigenvalue weighted by molar-refractivity contribution is -0.195. The van der Waals surface area contributed by atoms with Crippen LogP contribution in [0, 0.1) is 5.41 Å². The van der Waals surface area contributed by atoms with Crippen molar-refractivity contribution >= 4 is 11.9 Å². The molecule has 0 saturated heterocycles. The summed E-state index contributed by atoms with van der Waals surface area (Å²) in [5, 5.41) is 4.28. The molecule has 21 heavy (non-hydrogen) atoms. The monoisotopic (exact) mass is 299 g/mol. The molecule has 4 nitrogen and oxygen atoms in total. The van der Waals surface area contributed by atoms with Crippen LogP contribution >= 0.6 is 0 Å².